The Hall–Kier alpha value is -2.62. The summed E-state index contributed by atoms with van der Waals surface area (Å²) >= 11 is 0. The highest BCUT2D eigenvalue weighted by Gasteiger charge is 2.12. The normalized spacial score (nSPS) is 12.1. The van der Waals surface area contributed by atoms with Gasteiger partial charge in [0.05, 0.1) is 6.21 Å². The van der Waals surface area contributed by atoms with Crippen molar-refractivity contribution < 1.29 is 4.79 Å². The molecule has 2 aromatic carbocycles. The molecule has 4 nitrogen and oxygen atoms in total. The van der Waals surface area contributed by atoms with E-state index in [4.69, 9.17) is 0 Å². The lowest BCUT2D eigenvalue weighted by atomic mass is 10.2. The third kappa shape index (κ3) is 4.45. The average Bonchev–Trinajstić information content (AvgIpc) is 2.50. The molecule has 0 aliphatic rings. The van der Waals surface area contributed by atoms with Crippen LogP contribution in [0.1, 0.15) is 18.1 Å². The summed E-state index contributed by atoms with van der Waals surface area (Å²) in [5.74, 6) is -0.176. The molecule has 1 atom stereocenters. The second kappa shape index (κ2) is 7.24. The van der Waals surface area contributed by atoms with Crippen molar-refractivity contribution in [2.45, 2.75) is 19.9 Å². The van der Waals surface area contributed by atoms with Gasteiger partial charge in [-0.15, -0.1) is 0 Å². The van der Waals surface area contributed by atoms with Crippen LogP contribution in [0.2, 0.25) is 0 Å². The van der Waals surface area contributed by atoms with Gasteiger partial charge < -0.3 is 5.32 Å². The highest BCUT2D eigenvalue weighted by molar-refractivity contribution is 5.86. The smallest absolute Gasteiger partial charge is 0.262 e. The van der Waals surface area contributed by atoms with Crippen molar-refractivity contribution in [3.05, 3.63) is 65.7 Å². The van der Waals surface area contributed by atoms with Crippen LogP contribution in [0.15, 0.2) is 59.7 Å². The molecule has 0 heterocycles. The van der Waals surface area contributed by atoms with Crippen LogP contribution in [0.25, 0.3) is 0 Å². The van der Waals surface area contributed by atoms with E-state index in [0.717, 1.165) is 16.8 Å². The van der Waals surface area contributed by atoms with Gasteiger partial charge in [-0.1, -0.05) is 48.5 Å². The van der Waals surface area contributed by atoms with Crippen LogP contribution in [-0.2, 0) is 4.79 Å². The minimum Gasteiger partial charge on any atom is -0.374 e. The second-order valence-corrected chi connectivity index (χ2v) is 4.83. The zero-order valence-corrected chi connectivity index (χ0v) is 12.2. The molecule has 0 aromatic heterocycles. The maximum atomic E-state index is 12.0. The van der Waals surface area contributed by atoms with Crippen LogP contribution >= 0.6 is 0 Å². The summed E-state index contributed by atoms with van der Waals surface area (Å²) in [6, 6.07) is 17.1. The fraction of sp³-hybridized carbons (Fsp3) is 0.176. The Morgan fingerprint density at radius 1 is 1.10 bits per heavy atom. The van der Waals surface area contributed by atoms with Crippen molar-refractivity contribution >= 4 is 17.8 Å². The Labute approximate surface area is 124 Å². The zero-order chi connectivity index (χ0) is 15.1. The third-order valence-corrected chi connectivity index (χ3v) is 3.10. The van der Waals surface area contributed by atoms with E-state index in [2.05, 4.69) is 15.8 Å². The Morgan fingerprint density at radius 3 is 2.48 bits per heavy atom. The van der Waals surface area contributed by atoms with Crippen LogP contribution in [-0.4, -0.2) is 18.2 Å². The summed E-state index contributed by atoms with van der Waals surface area (Å²) in [5.41, 5.74) is 5.53. The van der Waals surface area contributed by atoms with E-state index in [1.807, 2.05) is 61.5 Å². The molecule has 2 N–H and O–H groups in total. The number of rotatable bonds is 5. The average molecular weight is 281 g/mol. The minimum absolute atomic E-state index is 0.176. The molecule has 2 aromatic rings. The maximum Gasteiger partial charge on any atom is 0.262 e. The molecular formula is C17H19N3O. The molecule has 0 aliphatic heterocycles. The summed E-state index contributed by atoms with van der Waals surface area (Å²) in [6.45, 7) is 3.81. The third-order valence-electron chi connectivity index (χ3n) is 3.10. The number of para-hydroxylation sites is 1. The number of hydrogen-bond acceptors (Lipinski definition) is 3. The quantitative estimate of drug-likeness (QED) is 0.654. The molecule has 0 radical (unpaired) electrons. The van der Waals surface area contributed by atoms with Gasteiger partial charge >= 0.3 is 0 Å². The number of amides is 1. The van der Waals surface area contributed by atoms with Crippen LogP contribution in [0, 0.1) is 6.92 Å². The van der Waals surface area contributed by atoms with E-state index >= 15 is 0 Å². The first kappa shape index (κ1) is 14.8. The molecule has 0 bridgehead atoms. The topological polar surface area (TPSA) is 53.5 Å². The molecule has 1 unspecified atom stereocenters. The molecule has 0 aliphatic carbocycles. The van der Waals surface area contributed by atoms with E-state index < -0.39 is 0 Å². The molecule has 2 rings (SSSR count). The van der Waals surface area contributed by atoms with Crippen LogP contribution in [0.4, 0.5) is 5.69 Å². The first-order valence-corrected chi connectivity index (χ1v) is 6.87. The Morgan fingerprint density at radius 2 is 1.76 bits per heavy atom. The zero-order valence-electron chi connectivity index (χ0n) is 12.2. The molecule has 0 fully saturated rings. The summed E-state index contributed by atoms with van der Waals surface area (Å²) in [5, 5.41) is 7.13. The van der Waals surface area contributed by atoms with Crippen molar-refractivity contribution in [2.24, 2.45) is 5.10 Å². The number of carbonyl (C=O) groups excluding carboxylic acids is 1. The van der Waals surface area contributed by atoms with Gasteiger partial charge in [0, 0.05) is 5.69 Å². The van der Waals surface area contributed by atoms with E-state index in [9.17, 15) is 4.79 Å². The van der Waals surface area contributed by atoms with Crippen LogP contribution in [0.3, 0.4) is 0 Å². The van der Waals surface area contributed by atoms with Crippen molar-refractivity contribution in [3.8, 4) is 0 Å². The Kier molecular flexibility index (Phi) is 5.10. The van der Waals surface area contributed by atoms with E-state index in [0.29, 0.717) is 0 Å². The first-order chi connectivity index (χ1) is 10.2. The lowest BCUT2D eigenvalue weighted by Crippen LogP contribution is -2.35. The van der Waals surface area contributed by atoms with Gasteiger partial charge in [0.25, 0.3) is 5.91 Å². The summed E-state index contributed by atoms with van der Waals surface area (Å²) < 4.78 is 0. The molecular weight excluding hydrogens is 262 g/mol. The summed E-state index contributed by atoms with van der Waals surface area (Å²) in [7, 11) is 0. The van der Waals surface area contributed by atoms with E-state index in [1.165, 1.54) is 0 Å². The highest BCUT2D eigenvalue weighted by Crippen LogP contribution is 2.14. The van der Waals surface area contributed by atoms with Gasteiger partial charge in [-0.2, -0.15) is 5.10 Å². The van der Waals surface area contributed by atoms with Gasteiger partial charge in [-0.05, 0) is 31.0 Å². The largest absolute Gasteiger partial charge is 0.374 e. The standard InChI is InChI=1S/C17H19N3O/c1-13-8-6-7-11-16(13)19-14(2)17(21)20-18-12-15-9-4-3-5-10-15/h3-12,14,19H,1-2H3,(H,20,21). The monoisotopic (exact) mass is 281 g/mol. The van der Waals surface area contributed by atoms with E-state index in [1.54, 1.807) is 13.1 Å². The first-order valence-electron chi connectivity index (χ1n) is 6.87. The molecule has 108 valence electrons. The fourth-order valence-corrected chi connectivity index (χ4v) is 1.84. The number of hydrazone groups is 1. The lowest BCUT2D eigenvalue weighted by molar-refractivity contribution is -0.121. The number of benzene rings is 2. The van der Waals surface area contributed by atoms with Crippen molar-refractivity contribution in [2.75, 3.05) is 5.32 Å². The van der Waals surface area contributed by atoms with Crippen molar-refractivity contribution in [3.63, 3.8) is 0 Å². The highest BCUT2D eigenvalue weighted by atomic mass is 16.2. The van der Waals surface area contributed by atoms with Crippen molar-refractivity contribution in [1.82, 2.24) is 5.43 Å². The molecule has 21 heavy (non-hydrogen) atoms. The SMILES string of the molecule is Cc1ccccc1NC(C)C(=O)NN=Cc1ccccc1. The Bertz CT molecular complexity index is 623. The predicted octanol–water partition coefficient (Wildman–Crippen LogP) is 2.95. The molecule has 4 heteroatoms. The van der Waals surface area contributed by atoms with Gasteiger partial charge in [0.15, 0.2) is 0 Å². The maximum absolute atomic E-state index is 12.0. The lowest BCUT2D eigenvalue weighted by Gasteiger charge is -2.15. The molecule has 1 amide bonds. The Balaban J connectivity index is 1.88. The van der Waals surface area contributed by atoms with Gasteiger partial charge in [0.1, 0.15) is 6.04 Å². The van der Waals surface area contributed by atoms with Gasteiger partial charge in [-0.25, -0.2) is 5.43 Å². The van der Waals surface area contributed by atoms with Gasteiger partial charge in [0.2, 0.25) is 0 Å². The van der Waals surface area contributed by atoms with Crippen molar-refractivity contribution in [1.29, 1.82) is 0 Å². The number of hydrogen-bond donors (Lipinski definition) is 2. The number of aryl methyl sites for hydroxylation is 1. The van der Waals surface area contributed by atoms with E-state index in [-0.39, 0.29) is 11.9 Å². The summed E-state index contributed by atoms with van der Waals surface area (Å²) in [4.78, 5) is 12.0. The predicted molar refractivity (Wildman–Crippen MR) is 86.4 cm³/mol. The van der Waals surface area contributed by atoms with Gasteiger partial charge in [-0.3, -0.25) is 4.79 Å². The fourth-order valence-electron chi connectivity index (χ4n) is 1.84. The van der Waals surface area contributed by atoms with Crippen LogP contribution < -0.4 is 10.7 Å². The number of nitrogens with zero attached hydrogens (tertiary/aromatic N) is 1. The molecule has 0 saturated carbocycles. The van der Waals surface area contributed by atoms with Crippen LogP contribution in [0.5, 0.6) is 0 Å². The number of carbonyl (C=O) groups is 1. The number of anilines is 1. The minimum atomic E-state index is -0.362. The second-order valence-electron chi connectivity index (χ2n) is 4.83. The number of nitrogens with one attached hydrogen (secondary N) is 2. The molecule has 0 spiro atoms. The summed E-state index contributed by atoms with van der Waals surface area (Å²) in [6.07, 6.45) is 1.62. The molecule has 0 saturated heterocycles.